The van der Waals surface area contributed by atoms with Crippen LogP contribution in [0.15, 0.2) is 36.4 Å². The molecule has 1 aromatic heterocycles. The Hall–Kier alpha value is -2.89. The van der Waals surface area contributed by atoms with Crippen molar-refractivity contribution in [1.29, 1.82) is 0 Å². The Morgan fingerprint density at radius 2 is 1.77 bits per heavy atom. The monoisotopic (exact) mass is 421 g/mol. The number of nitrogens with zero attached hydrogens (tertiary/aromatic N) is 2. The maximum absolute atomic E-state index is 13.2. The highest BCUT2D eigenvalue weighted by molar-refractivity contribution is 6.11. The van der Waals surface area contributed by atoms with E-state index in [-0.39, 0.29) is 24.2 Å². The molecule has 1 atom stereocenters. The fourth-order valence-electron chi connectivity index (χ4n) is 5.14. The first-order valence-electron chi connectivity index (χ1n) is 11.2. The maximum atomic E-state index is 13.2. The molecule has 1 aliphatic heterocycles. The van der Waals surface area contributed by atoms with Crippen LogP contribution in [0.3, 0.4) is 0 Å². The minimum atomic E-state index is -0.901. The molecule has 31 heavy (non-hydrogen) atoms. The van der Waals surface area contributed by atoms with Crippen molar-refractivity contribution in [3.05, 3.63) is 58.9 Å². The second kappa shape index (κ2) is 8.33. The molecule has 164 valence electrons. The summed E-state index contributed by atoms with van der Waals surface area (Å²) in [5.41, 5.74) is 2.66. The van der Waals surface area contributed by atoms with E-state index < -0.39 is 11.6 Å². The SMILES string of the molecule is Cc1cc(C(=O)CN2C(=O)N[C@@](C)(C3CCCCC3)C2=O)c(C)n1Cc1ccccc1. The van der Waals surface area contributed by atoms with Crippen LogP contribution in [0.1, 0.15) is 66.3 Å². The molecule has 1 N–H and O–H groups in total. The van der Waals surface area contributed by atoms with Gasteiger partial charge in [0.1, 0.15) is 5.54 Å². The van der Waals surface area contributed by atoms with Crippen molar-refractivity contribution in [1.82, 2.24) is 14.8 Å². The fourth-order valence-corrected chi connectivity index (χ4v) is 5.14. The first kappa shape index (κ1) is 21.3. The van der Waals surface area contributed by atoms with Gasteiger partial charge in [0.05, 0.1) is 6.54 Å². The summed E-state index contributed by atoms with van der Waals surface area (Å²) >= 11 is 0. The first-order chi connectivity index (χ1) is 14.8. The Labute approximate surface area is 183 Å². The molecule has 6 nitrogen and oxygen atoms in total. The van der Waals surface area contributed by atoms with Crippen molar-refractivity contribution in [3.8, 4) is 0 Å². The molecular formula is C25H31N3O3. The van der Waals surface area contributed by atoms with Crippen LogP contribution < -0.4 is 5.32 Å². The van der Waals surface area contributed by atoms with E-state index in [1.807, 2.05) is 45.0 Å². The van der Waals surface area contributed by atoms with Gasteiger partial charge in [0.25, 0.3) is 5.91 Å². The Morgan fingerprint density at radius 1 is 1.10 bits per heavy atom. The molecule has 1 aromatic carbocycles. The lowest BCUT2D eigenvalue weighted by molar-refractivity contribution is -0.132. The number of ketones is 1. The summed E-state index contributed by atoms with van der Waals surface area (Å²) in [7, 11) is 0. The lowest BCUT2D eigenvalue weighted by Crippen LogP contribution is -2.51. The van der Waals surface area contributed by atoms with Crippen molar-refractivity contribution in [2.45, 2.75) is 65.0 Å². The number of benzene rings is 1. The molecule has 1 saturated heterocycles. The zero-order valence-electron chi connectivity index (χ0n) is 18.6. The fraction of sp³-hybridized carbons (Fsp3) is 0.480. The third-order valence-corrected chi connectivity index (χ3v) is 7.08. The van der Waals surface area contributed by atoms with Gasteiger partial charge >= 0.3 is 6.03 Å². The number of rotatable bonds is 6. The summed E-state index contributed by atoms with van der Waals surface area (Å²) in [5, 5.41) is 2.90. The average Bonchev–Trinajstić information content (AvgIpc) is 3.17. The average molecular weight is 422 g/mol. The molecule has 0 unspecified atom stereocenters. The number of amides is 3. The van der Waals surface area contributed by atoms with Crippen molar-refractivity contribution in [2.75, 3.05) is 6.54 Å². The number of carbonyl (C=O) groups excluding carboxylic acids is 3. The molecule has 2 fully saturated rings. The minimum absolute atomic E-state index is 0.133. The lowest BCUT2D eigenvalue weighted by atomic mass is 9.75. The summed E-state index contributed by atoms with van der Waals surface area (Å²) in [6, 6.07) is 11.5. The molecule has 0 spiro atoms. The number of urea groups is 1. The molecule has 1 aliphatic carbocycles. The molecule has 0 radical (unpaired) electrons. The summed E-state index contributed by atoms with van der Waals surface area (Å²) in [4.78, 5) is 40.1. The Morgan fingerprint density at radius 3 is 2.45 bits per heavy atom. The van der Waals surface area contributed by atoms with Gasteiger partial charge in [-0.3, -0.25) is 14.5 Å². The lowest BCUT2D eigenvalue weighted by Gasteiger charge is -2.34. The largest absolute Gasteiger partial charge is 0.344 e. The highest BCUT2D eigenvalue weighted by Crippen LogP contribution is 2.36. The van der Waals surface area contributed by atoms with E-state index in [2.05, 4.69) is 22.0 Å². The summed E-state index contributed by atoms with van der Waals surface area (Å²) in [6.45, 7) is 6.17. The topological polar surface area (TPSA) is 71.4 Å². The number of imide groups is 1. The van der Waals surface area contributed by atoms with E-state index in [0.717, 1.165) is 47.5 Å². The Kier molecular flexibility index (Phi) is 5.73. The highest BCUT2D eigenvalue weighted by atomic mass is 16.2. The molecule has 1 saturated carbocycles. The highest BCUT2D eigenvalue weighted by Gasteiger charge is 2.52. The molecule has 3 amide bonds. The Bertz CT molecular complexity index is 1000. The van der Waals surface area contributed by atoms with Gasteiger partial charge < -0.3 is 9.88 Å². The van der Waals surface area contributed by atoms with Crippen LogP contribution >= 0.6 is 0 Å². The standard InChI is InChI=1S/C25H31N3O3/c1-17-14-21(18(2)27(17)15-19-10-6-4-7-11-19)22(29)16-28-23(30)25(3,26-24(28)31)20-12-8-5-9-13-20/h4,6-7,10-11,14,20H,5,8-9,12-13,15-16H2,1-3H3,(H,26,31)/t25-/m0/s1. The van der Waals surface area contributed by atoms with Crippen LogP contribution in [0, 0.1) is 19.8 Å². The van der Waals surface area contributed by atoms with Crippen LogP contribution in [-0.4, -0.2) is 39.3 Å². The van der Waals surface area contributed by atoms with Gasteiger partial charge in [0.2, 0.25) is 0 Å². The van der Waals surface area contributed by atoms with Crippen molar-refractivity contribution in [2.24, 2.45) is 5.92 Å². The first-order valence-corrected chi connectivity index (χ1v) is 11.2. The molecule has 0 bridgehead atoms. The second-order valence-corrected chi connectivity index (χ2v) is 9.14. The van der Waals surface area contributed by atoms with Gasteiger partial charge in [-0.2, -0.15) is 0 Å². The van der Waals surface area contributed by atoms with Gasteiger partial charge in [0, 0.05) is 23.5 Å². The third-order valence-electron chi connectivity index (χ3n) is 7.08. The number of nitrogens with one attached hydrogen (secondary N) is 1. The molecule has 6 heteroatoms. The van der Waals surface area contributed by atoms with E-state index in [0.29, 0.717) is 12.1 Å². The van der Waals surface area contributed by atoms with Gasteiger partial charge in [0.15, 0.2) is 5.78 Å². The van der Waals surface area contributed by atoms with Gasteiger partial charge in [-0.1, -0.05) is 49.6 Å². The van der Waals surface area contributed by atoms with Crippen LogP contribution in [0.5, 0.6) is 0 Å². The zero-order valence-corrected chi connectivity index (χ0v) is 18.6. The van der Waals surface area contributed by atoms with Gasteiger partial charge in [-0.15, -0.1) is 0 Å². The van der Waals surface area contributed by atoms with E-state index in [4.69, 9.17) is 0 Å². The number of carbonyl (C=O) groups is 3. The predicted molar refractivity (Wildman–Crippen MR) is 119 cm³/mol. The van der Waals surface area contributed by atoms with Gasteiger partial charge in [-0.25, -0.2) is 4.79 Å². The van der Waals surface area contributed by atoms with Crippen molar-refractivity contribution < 1.29 is 14.4 Å². The zero-order chi connectivity index (χ0) is 22.2. The predicted octanol–water partition coefficient (Wildman–Crippen LogP) is 4.23. The van der Waals surface area contributed by atoms with Crippen LogP contribution in [0.4, 0.5) is 4.79 Å². The summed E-state index contributed by atoms with van der Waals surface area (Å²) < 4.78 is 2.10. The number of aromatic nitrogens is 1. The third kappa shape index (κ3) is 3.91. The molecule has 2 aliphatic rings. The number of aryl methyl sites for hydroxylation is 1. The summed E-state index contributed by atoms with van der Waals surface area (Å²) in [5.74, 6) is -0.339. The van der Waals surface area contributed by atoms with Crippen LogP contribution in [0.2, 0.25) is 0 Å². The second-order valence-electron chi connectivity index (χ2n) is 9.14. The Balaban J connectivity index is 1.51. The van der Waals surface area contributed by atoms with Crippen LogP contribution in [0.25, 0.3) is 0 Å². The quantitative estimate of drug-likeness (QED) is 0.561. The number of Topliss-reactive ketones (excluding diaryl/α,β-unsaturated/α-hetero) is 1. The van der Waals surface area contributed by atoms with E-state index in [1.54, 1.807) is 0 Å². The van der Waals surface area contributed by atoms with E-state index in [1.165, 1.54) is 6.42 Å². The molecular weight excluding hydrogens is 390 g/mol. The molecule has 4 rings (SSSR count). The summed E-state index contributed by atoms with van der Waals surface area (Å²) in [6.07, 6.45) is 5.21. The normalized spacial score (nSPS) is 22.1. The maximum Gasteiger partial charge on any atom is 0.325 e. The molecule has 2 aromatic rings. The van der Waals surface area contributed by atoms with Crippen LogP contribution in [-0.2, 0) is 11.3 Å². The minimum Gasteiger partial charge on any atom is -0.344 e. The molecule has 2 heterocycles. The van der Waals surface area contributed by atoms with Crippen molar-refractivity contribution >= 4 is 17.7 Å². The van der Waals surface area contributed by atoms with E-state index in [9.17, 15) is 14.4 Å². The van der Waals surface area contributed by atoms with E-state index >= 15 is 0 Å². The number of hydrogen-bond acceptors (Lipinski definition) is 3. The number of hydrogen-bond donors (Lipinski definition) is 1. The smallest absolute Gasteiger partial charge is 0.325 e. The van der Waals surface area contributed by atoms with Crippen molar-refractivity contribution in [3.63, 3.8) is 0 Å². The van der Waals surface area contributed by atoms with Gasteiger partial charge in [-0.05, 0) is 51.2 Å².